The van der Waals surface area contributed by atoms with Crippen molar-refractivity contribution >= 4 is 45.4 Å². The van der Waals surface area contributed by atoms with E-state index in [0.29, 0.717) is 4.99 Å². The summed E-state index contributed by atoms with van der Waals surface area (Å²) in [5.74, 6) is 1.23. The monoisotopic (exact) mass is 304 g/mol. The van der Waals surface area contributed by atoms with Gasteiger partial charge >= 0.3 is 0 Å². The molecule has 0 unspecified atom stereocenters. The second kappa shape index (κ2) is 7.50. The maximum atomic E-state index is 5.79. The summed E-state index contributed by atoms with van der Waals surface area (Å²) in [4.78, 5) is 0.452. The zero-order valence-electron chi connectivity index (χ0n) is 11.7. The Balaban J connectivity index is 2.18. The van der Waals surface area contributed by atoms with Crippen molar-refractivity contribution < 1.29 is 0 Å². The van der Waals surface area contributed by atoms with Gasteiger partial charge in [-0.3, -0.25) is 0 Å². The molecule has 2 nitrogen and oxygen atoms in total. The highest BCUT2D eigenvalue weighted by Gasteiger charge is 2.06. The summed E-state index contributed by atoms with van der Waals surface area (Å²) in [5, 5.41) is 5.82. The Kier molecular flexibility index (Phi) is 5.68. The quantitative estimate of drug-likeness (QED) is 0.598. The molecule has 3 N–H and O–H groups in total. The van der Waals surface area contributed by atoms with Gasteiger partial charge in [0.05, 0.1) is 0 Å². The predicted molar refractivity (Wildman–Crippen MR) is 95.9 cm³/mol. The number of rotatable bonds is 7. The van der Waals surface area contributed by atoms with Crippen LogP contribution in [0.15, 0.2) is 36.4 Å². The molecule has 0 radical (unpaired) electrons. The third kappa shape index (κ3) is 3.64. The molecule has 0 amide bonds. The maximum Gasteiger partial charge on any atom is 0.104 e. The largest absolute Gasteiger partial charge is 0.389 e. The summed E-state index contributed by atoms with van der Waals surface area (Å²) in [5.41, 5.74) is 7.90. The van der Waals surface area contributed by atoms with E-state index in [2.05, 4.69) is 29.8 Å². The van der Waals surface area contributed by atoms with E-state index >= 15 is 0 Å². The van der Waals surface area contributed by atoms with E-state index in [1.807, 2.05) is 30.0 Å². The summed E-state index contributed by atoms with van der Waals surface area (Å²) in [6.45, 7) is 0.997. The van der Waals surface area contributed by atoms with Gasteiger partial charge in [0.1, 0.15) is 4.99 Å². The minimum Gasteiger partial charge on any atom is -0.389 e. The molecule has 0 aliphatic heterocycles. The molecule has 0 fully saturated rings. The molecule has 0 atom stereocenters. The van der Waals surface area contributed by atoms with Crippen molar-refractivity contribution in [3.05, 3.63) is 42.0 Å². The summed E-state index contributed by atoms with van der Waals surface area (Å²) in [7, 11) is 0. The average Bonchev–Trinajstić information content (AvgIpc) is 2.46. The number of benzene rings is 2. The molecule has 0 saturated carbocycles. The van der Waals surface area contributed by atoms with E-state index in [-0.39, 0.29) is 0 Å². The van der Waals surface area contributed by atoms with Gasteiger partial charge in [-0.2, -0.15) is 11.8 Å². The van der Waals surface area contributed by atoms with E-state index < -0.39 is 0 Å². The molecule has 2 rings (SSSR count). The predicted octanol–water partition coefficient (Wildman–Crippen LogP) is 4.03. The number of thioether (sulfide) groups is 1. The third-order valence-corrected chi connectivity index (χ3v) is 4.20. The molecule has 0 spiro atoms. The van der Waals surface area contributed by atoms with Crippen LogP contribution >= 0.6 is 24.0 Å². The Morgan fingerprint density at radius 1 is 1.15 bits per heavy atom. The first-order chi connectivity index (χ1) is 9.74. The lowest BCUT2D eigenvalue weighted by Crippen LogP contribution is -2.10. The molecular formula is C16H20N2S2. The van der Waals surface area contributed by atoms with Crippen molar-refractivity contribution in [1.29, 1.82) is 0 Å². The maximum absolute atomic E-state index is 5.79. The third-order valence-electron chi connectivity index (χ3n) is 3.28. The molecule has 20 heavy (non-hydrogen) atoms. The standard InChI is InChI=1S/C16H20N2S2/c1-20-11-5-4-10-18-15-9-8-14(16(17)19)12-6-2-3-7-13(12)15/h2-3,6-9,18H,4-5,10-11H2,1H3,(H2,17,19). The van der Waals surface area contributed by atoms with Gasteiger partial charge in [-0.05, 0) is 42.4 Å². The molecule has 0 heterocycles. The van der Waals surface area contributed by atoms with Crippen molar-refractivity contribution in [2.75, 3.05) is 23.9 Å². The van der Waals surface area contributed by atoms with E-state index in [1.165, 1.54) is 24.0 Å². The molecule has 0 aromatic heterocycles. The van der Waals surface area contributed by atoms with Crippen LogP contribution < -0.4 is 11.1 Å². The summed E-state index contributed by atoms with van der Waals surface area (Å²) < 4.78 is 0. The van der Waals surface area contributed by atoms with E-state index in [4.69, 9.17) is 18.0 Å². The lowest BCUT2D eigenvalue weighted by atomic mass is 10.0. The van der Waals surface area contributed by atoms with Crippen LogP contribution in [0.5, 0.6) is 0 Å². The lowest BCUT2D eigenvalue weighted by Gasteiger charge is -2.12. The van der Waals surface area contributed by atoms with Crippen LogP contribution in [0.1, 0.15) is 18.4 Å². The molecule has 0 bridgehead atoms. The zero-order valence-corrected chi connectivity index (χ0v) is 13.3. The summed E-state index contributed by atoms with van der Waals surface area (Å²) >= 11 is 7.02. The first-order valence-corrected chi connectivity index (χ1v) is 8.58. The van der Waals surface area contributed by atoms with Gasteiger partial charge < -0.3 is 11.1 Å². The molecule has 106 valence electrons. The van der Waals surface area contributed by atoms with Crippen LogP contribution in [0.2, 0.25) is 0 Å². The van der Waals surface area contributed by atoms with Crippen molar-refractivity contribution in [3.8, 4) is 0 Å². The van der Waals surface area contributed by atoms with Gasteiger partial charge in [-0.25, -0.2) is 0 Å². The van der Waals surface area contributed by atoms with Crippen molar-refractivity contribution in [2.24, 2.45) is 5.73 Å². The van der Waals surface area contributed by atoms with Gasteiger partial charge in [-0.15, -0.1) is 0 Å². The molecular weight excluding hydrogens is 284 g/mol. The minimum absolute atomic E-state index is 0.452. The van der Waals surface area contributed by atoms with Crippen LogP contribution in [-0.2, 0) is 0 Å². The Morgan fingerprint density at radius 3 is 2.60 bits per heavy atom. The fourth-order valence-electron chi connectivity index (χ4n) is 2.26. The second-order valence-corrected chi connectivity index (χ2v) is 6.12. The first kappa shape index (κ1) is 15.1. The van der Waals surface area contributed by atoms with Gasteiger partial charge in [0.15, 0.2) is 0 Å². The Hall–Kier alpha value is -1.26. The fourth-order valence-corrected chi connectivity index (χ4v) is 2.93. The first-order valence-electron chi connectivity index (χ1n) is 6.78. The lowest BCUT2D eigenvalue weighted by molar-refractivity contribution is 0.844. The highest BCUT2D eigenvalue weighted by Crippen LogP contribution is 2.26. The Labute approximate surface area is 130 Å². The number of anilines is 1. The van der Waals surface area contributed by atoms with Gasteiger partial charge in [0.25, 0.3) is 0 Å². The van der Waals surface area contributed by atoms with Crippen LogP contribution in [0, 0.1) is 0 Å². The summed E-state index contributed by atoms with van der Waals surface area (Å²) in [6, 6.07) is 12.3. The Morgan fingerprint density at radius 2 is 1.90 bits per heavy atom. The van der Waals surface area contributed by atoms with E-state index in [0.717, 1.165) is 23.2 Å². The number of thiocarbonyl (C=S) groups is 1. The number of fused-ring (bicyclic) bond motifs is 1. The minimum atomic E-state index is 0.452. The normalized spacial score (nSPS) is 10.7. The average molecular weight is 304 g/mol. The number of nitrogens with one attached hydrogen (secondary N) is 1. The Bertz CT molecular complexity index is 596. The molecule has 0 aliphatic carbocycles. The number of unbranched alkanes of at least 4 members (excludes halogenated alkanes) is 1. The summed E-state index contributed by atoms with van der Waals surface area (Å²) in [6.07, 6.45) is 4.58. The van der Waals surface area contributed by atoms with Crippen molar-refractivity contribution in [3.63, 3.8) is 0 Å². The van der Waals surface area contributed by atoms with E-state index in [9.17, 15) is 0 Å². The molecule has 2 aromatic rings. The van der Waals surface area contributed by atoms with E-state index in [1.54, 1.807) is 0 Å². The van der Waals surface area contributed by atoms with Crippen LogP contribution in [0.4, 0.5) is 5.69 Å². The molecule has 4 heteroatoms. The smallest absolute Gasteiger partial charge is 0.104 e. The SMILES string of the molecule is CSCCCCNc1ccc(C(N)=S)c2ccccc12. The van der Waals surface area contributed by atoms with Crippen LogP contribution in [0.25, 0.3) is 10.8 Å². The van der Waals surface area contributed by atoms with Gasteiger partial charge in [-0.1, -0.05) is 36.5 Å². The zero-order chi connectivity index (χ0) is 14.4. The van der Waals surface area contributed by atoms with Crippen molar-refractivity contribution in [2.45, 2.75) is 12.8 Å². The second-order valence-electron chi connectivity index (χ2n) is 4.70. The number of hydrogen-bond acceptors (Lipinski definition) is 3. The van der Waals surface area contributed by atoms with Crippen LogP contribution in [0.3, 0.4) is 0 Å². The fraction of sp³-hybridized carbons (Fsp3) is 0.312. The van der Waals surface area contributed by atoms with Gasteiger partial charge in [0.2, 0.25) is 0 Å². The molecule has 0 saturated heterocycles. The topological polar surface area (TPSA) is 38.0 Å². The van der Waals surface area contributed by atoms with Gasteiger partial charge in [0, 0.05) is 23.2 Å². The van der Waals surface area contributed by atoms with Crippen LogP contribution in [-0.4, -0.2) is 23.5 Å². The highest BCUT2D eigenvalue weighted by molar-refractivity contribution is 7.98. The number of hydrogen-bond donors (Lipinski definition) is 2. The molecule has 2 aromatic carbocycles. The van der Waals surface area contributed by atoms with Crippen molar-refractivity contribution in [1.82, 2.24) is 0 Å². The molecule has 0 aliphatic rings. The number of nitrogens with two attached hydrogens (primary N) is 1. The highest BCUT2D eigenvalue weighted by atomic mass is 32.2.